The molecule has 1 N–H and O–H groups in total. The zero-order valence-electron chi connectivity index (χ0n) is 10.4. The smallest absolute Gasteiger partial charge is 0.383 e. The molecular weight excluding hydrogens is 372 g/mol. The van der Waals surface area contributed by atoms with Gasteiger partial charge in [0.1, 0.15) is 11.0 Å². The first-order chi connectivity index (χ1) is 9.49. The molecule has 0 unspecified atom stereocenters. The maximum absolute atomic E-state index is 12.2. The van der Waals surface area contributed by atoms with Gasteiger partial charge in [-0.2, -0.15) is 31.4 Å². The van der Waals surface area contributed by atoms with Gasteiger partial charge >= 0.3 is 12.4 Å². The number of rotatable bonds is 5. The lowest BCUT2D eigenvalue weighted by Crippen LogP contribution is -2.31. The van der Waals surface area contributed by atoms with Crippen molar-refractivity contribution in [3.63, 3.8) is 0 Å². The molecule has 0 amide bonds. The van der Waals surface area contributed by atoms with E-state index in [1.54, 1.807) is 0 Å². The van der Waals surface area contributed by atoms with Gasteiger partial charge in [-0.1, -0.05) is 0 Å². The first-order valence-electron chi connectivity index (χ1n) is 5.62. The lowest BCUT2D eigenvalue weighted by atomic mass is 10.3. The predicted molar refractivity (Wildman–Crippen MR) is 66.0 cm³/mol. The number of nitrogens with one attached hydrogen (secondary N) is 1. The summed E-state index contributed by atoms with van der Waals surface area (Å²) in [6.45, 7) is -1.64. The third-order valence-corrected chi connectivity index (χ3v) is 3.03. The van der Waals surface area contributed by atoms with Gasteiger partial charge in [0.15, 0.2) is 0 Å². The zero-order valence-corrected chi connectivity index (χ0v) is 11.9. The van der Waals surface area contributed by atoms with Crippen LogP contribution in [0.2, 0.25) is 0 Å². The van der Waals surface area contributed by atoms with Crippen molar-refractivity contribution in [1.29, 1.82) is 0 Å². The minimum atomic E-state index is -4.60. The minimum Gasteiger partial charge on any atom is -0.383 e. The highest BCUT2D eigenvalue weighted by Crippen LogP contribution is 2.22. The fraction of sp³-hybridized carbons (Fsp3) is 0.600. The van der Waals surface area contributed by atoms with Gasteiger partial charge in [-0.05, 0) is 22.4 Å². The van der Waals surface area contributed by atoms with Crippen LogP contribution in [-0.2, 0) is 6.54 Å². The number of halogens is 7. The number of nitrogens with zero attached hydrogens (tertiary/aromatic N) is 2. The van der Waals surface area contributed by atoms with Crippen molar-refractivity contribution in [2.45, 2.75) is 31.7 Å². The van der Waals surface area contributed by atoms with Crippen molar-refractivity contribution in [3.8, 4) is 0 Å². The molecule has 0 aliphatic rings. The first-order valence-corrected chi connectivity index (χ1v) is 6.42. The Kier molecular flexibility index (Phi) is 5.65. The van der Waals surface area contributed by atoms with Gasteiger partial charge in [-0.15, -0.1) is 0 Å². The van der Waals surface area contributed by atoms with Crippen molar-refractivity contribution in [2.75, 3.05) is 11.9 Å². The van der Waals surface area contributed by atoms with Crippen LogP contribution in [-0.4, -0.2) is 28.7 Å². The fourth-order valence-corrected chi connectivity index (χ4v) is 1.83. The Morgan fingerprint density at radius 3 is 2.33 bits per heavy atom. The van der Waals surface area contributed by atoms with Crippen molar-refractivity contribution >= 4 is 21.6 Å². The Morgan fingerprint density at radius 1 is 1.19 bits per heavy atom. The summed E-state index contributed by atoms with van der Waals surface area (Å²) in [7, 11) is 0. The van der Waals surface area contributed by atoms with Crippen LogP contribution < -0.4 is 10.9 Å². The molecule has 11 heteroatoms. The van der Waals surface area contributed by atoms with Gasteiger partial charge in [-0.25, -0.2) is 4.68 Å². The van der Waals surface area contributed by atoms with Crippen LogP contribution in [0.5, 0.6) is 0 Å². The van der Waals surface area contributed by atoms with Gasteiger partial charge in [-0.3, -0.25) is 4.79 Å². The molecule has 0 spiro atoms. The molecule has 0 aliphatic heterocycles. The normalized spacial score (nSPS) is 12.5. The molecule has 21 heavy (non-hydrogen) atoms. The van der Waals surface area contributed by atoms with Gasteiger partial charge in [0.2, 0.25) is 0 Å². The SMILES string of the molecule is O=c1c(Br)c(NCCCC(F)(F)F)cnn1CC(F)(F)F. The van der Waals surface area contributed by atoms with E-state index in [1.165, 1.54) is 0 Å². The lowest BCUT2D eigenvalue weighted by molar-refractivity contribution is -0.143. The van der Waals surface area contributed by atoms with Crippen LogP contribution in [0.3, 0.4) is 0 Å². The van der Waals surface area contributed by atoms with Gasteiger partial charge in [0.05, 0.1) is 11.9 Å². The number of anilines is 1. The summed E-state index contributed by atoms with van der Waals surface area (Å²) in [5.41, 5.74) is -0.978. The Bertz CT molecular complexity index is 539. The monoisotopic (exact) mass is 381 g/mol. The maximum atomic E-state index is 12.2. The second kappa shape index (κ2) is 6.67. The highest BCUT2D eigenvalue weighted by Gasteiger charge is 2.30. The third-order valence-electron chi connectivity index (χ3n) is 2.27. The molecule has 4 nitrogen and oxygen atoms in total. The molecule has 0 radical (unpaired) electrons. The van der Waals surface area contributed by atoms with Gasteiger partial charge in [0, 0.05) is 13.0 Å². The molecule has 0 atom stereocenters. The summed E-state index contributed by atoms with van der Waals surface area (Å²) in [6.07, 6.45) is -9.17. The van der Waals surface area contributed by atoms with Crippen LogP contribution in [0.4, 0.5) is 32.0 Å². The maximum Gasteiger partial charge on any atom is 0.408 e. The van der Waals surface area contributed by atoms with Crippen molar-refractivity contribution < 1.29 is 26.3 Å². The predicted octanol–water partition coefficient (Wildman–Crippen LogP) is 3.32. The van der Waals surface area contributed by atoms with E-state index in [0.29, 0.717) is 0 Å². The van der Waals surface area contributed by atoms with Gasteiger partial charge in [0.25, 0.3) is 5.56 Å². The van der Waals surface area contributed by atoms with Crippen LogP contribution in [0, 0.1) is 0 Å². The van der Waals surface area contributed by atoms with Crippen LogP contribution in [0.1, 0.15) is 12.8 Å². The molecule has 0 aromatic carbocycles. The minimum absolute atomic E-state index is 0.0422. The highest BCUT2D eigenvalue weighted by atomic mass is 79.9. The second-order valence-electron chi connectivity index (χ2n) is 4.10. The molecule has 1 rings (SSSR count). The molecule has 1 aromatic heterocycles. The molecule has 0 saturated heterocycles. The Morgan fingerprint density at radius 2 is 1.81 bits per heavy atom. The molecule has 0 saturated carbocycles. The van der Waals surface area contributed by atoms with E-state index in [-0.39, 0.29) is 27.8 Å². The third kappa shape index (κ3) is 6.36. The number of aromatic nitrogens is 2. The standard InChI is InChI=1S/C10H10BrF6N3O/c11-7-6(18-3-1-2-9(12,13)14)4-19-20(8(7)21)5-10(15,16)17/h4,18H,1-3,5H2. The van der Waals surface area contributed by atoms with Crippen molar-refractivity contribution in [2.24, 2.45) is 0 Å². The number of hydrogen-bond donors (Lipinski definition) is 1. The quantitative estimate of drug-likeness (QED) is 0.628. The summed E-state index contributed by atoms with van der Waals surface area (Å²) < 4.78 is 72.3. The molecule has 0 aliphatic carbocycles. The summed E-state index contributed by atoms with van der Waals surface area (Å²) in [5, 5.41) is 5.83. The van der Waals surface area contributed by atoms with E-state index in [4.69, 9.17) is 0 Å². The van der Waals surface area contributed by atoms with Gasteiger partial charge < -0.3 is 5.32 Å². The summed E-state index contributed by atoms with van der Waals surface area (Å²) in [5.74, 6) is 0. The van der Waals surface area contributed by atoms with Crippen molar-refractivity contribution in [1.82, 2.24) is 9.78 Å². The second-order valence-corrected chi connectivity index (χ2v) is 4.89. The van der Waals surface area contributed by atoms with E-state index in [9.17, 15) is 31.1 Å². The van der Waals surface area contributed by atoms with E-state index in [1.807, 2.05) is 0 Å². The Balaban J connectivity index is 2.70. The summed E-state index contributed by atoms with van der Waals surface area (Å²) in [6, 6.07) is 0. The van der Waals surface area contributed by atoms with E-state index >= 15 is 0 Å². The lowest BCUT2D eigenvalue weighted by Gasteiger charge is -2.12. The average molecular weight is 382 g/mol. The van der Waals surface area contributed by atoms with Crippen molar-refractivity contribution in [3.05, 3.63) is 21.0 Å². The molecule has 1 aromatic rings. The van der Waals surface area contributed by atoms with Crippen LogP contribution >= 0.6 is 15.9 Å². The molecular formula is C10H10BrF6N3O. The molecule has 0 bridgehead atoms. The molecule has 120 valence electrons. The number of hydrogen-bond acceptors (Lipinski definition) is 3. The summed E-state index contributed by atoms with van der Waals surface area (Å²) >= 11 is 2.80. The van der Waals surface area contributed by atoms with E-state index in [0.717, 1.165) is 6.20 Å². The summed E-state index contributed by atoms with van der Waals surface area (Å²) in [4.78, 5) is 11.6. The Labute approximate surface area is 123 Å². The first kappa shape index (κ1) is 17.8. The molecule has 0 fully saturated rings. The zero-order chi connectivity index (χ0) is 16.3. The topological polar surface area (TPSA) is 46.9 Å². The van der Waals surface area contributed by atoms with E-state index in [2.05, 4.69) is 26.3 Å². The fourth-order valence-electron chi connectivity index (χ4n) is 1.38. The highest BCUT2D eigenvalue weighted by molar-refractivity contribution is 9.10. The Hall–Kier alpha value is -1.26. The van der Waals surface area contributed by atoms with E-state index < -0.39 is 30.9 Å². The largest absolute Gasteiger partial charge is 0.408 e. The molecule has 1 heterocycles. The van der Waals surface area contributed by atoms with Crippen LogP contribution in [0.25, 0.3) is 0 Å². The van der Waals surface area contributed by atoms with Crippen LogP contribution in [0.15, 0.2) is 15.5 Å². The average Bonchev–Trinajstić information content (AvgIpc) is 2.30. The number of alkyl halides is 6.